The first-order valence-corrected chi connectivity index (χ1v) is 7.07. The number of hydrogen-bond donors (Lipinski definition) is 2. The van der Waals surface area contributed by atoms with Crippen LogP contribution in [0.25, 0.3) is 0 Å². The molecule has 2 N–H and O–H groups in total. The van der Waals surface area contributed by atoms with Crippen molar-refractivity contribution in [2.24, 2.45) is 4.99 Å². The lowest BCUT2D eigenvalue weighted by Gasteiger charge is -2.13. The van der Waals surface area contributed by atoms with Crippen LogP contribution in [0.15, 0.2) is 23.2 Å². The first-order chi connectivity index (χ1) is 9.72. The number of hydrogen-bond acceptors (Lipinski definition) is 5. The van der Waals surface area contributed by atoms with E-state index in [1.807, 2.05) is 18.2 Å². The Labute approximate surface area is 120 Å². The molecule has 1 heterocycles. The molecule has 20 heavy (non-hydrogen) atoms. The van der Waals surface area contributed by atoms with Gasteiger partial charge < -0.3 is 20.1 Å². The van der Waals surface area contributed by atoms with Crippen LogP contribution in [0.5, 0.6) is 11.5 Å². The molecule has 0 amide bonds. The lowest BCUT2D eigenvalue weighted by molar-refractivity contribution is 0.294. The van der Waals surface area contributed by atoms with Crippen molar-refractivity contribution in [2.45, 2.75) is 32.9 Å². The highest BCUT2D eigenvalue weighted by atomic mass is 16.5. The van der Waals surface area contributed by atoms with Crippen LogP contribution in [0, 0.1) is 0 Å². The fraction of sp³-hybridized carbons (Fsp3) is 0.533. The third-order valence-corrected chi connectivity index (χ3v) is 3.06. The number of rotatable bonds is 6. The predicted octanol–water partition coefficient (Wildman–Crippen LogP) is 1.92. The molecule has 5 nitrogen and oxygen atoms in total. The summed E-state index contributed by atoms with van der Waals surface area (Å²) in [7, 11) is 1.66. The van der Waals surface area contributed by atoms with Gasteiger partial charge in [-0.2, -0.15) is 0 Å². The van der Waals surface area contributed by atoms with E-state index in [2.05, 4.69) is 29.5 Å². The molecule has 0 saturated heterocycles. The van der Waals surface area contributed by atoms with E-state index in [0.717, 1.165) is 36.0 Å². The lowest BCUT2D eigenvalue weighted by atomic mass is 10.2. The highest BCUT2D eigenvalue weighted by molar-refractivity contribution is 5.81. The van der Waals surface area contributed by atoms with E-state index in [0.29, 0.717) is 19.2 Å². The Kier molecular flexibility index (Phi) is 5.09. The normalized spacial score (nSPS) is 17.4. The molecule has 0 aromatic heterocycles. The quantitative estimate of drug-likeness (QED) is 0.834. The molecule has 1 aromatic carbocycles. The number of methoxy groups -OCH3 is 1. The topological polar surface area (TPSA) is 54.9 Å². The molecule has 0 saturated carbocycles. The number of nitrogens with zero attached hydrogens (tertiary/aromatic N) is 1. The molecule has 1 atom stereocenters. The van der Waals surface area contributed by atoms with E-state index in [1.165, 1.54) is 0 Å². The zero-order valence-corrected chi connectivity index (χ0v) is 12.4. The van der Waals surface area contributed by atoms with Crippen molar-refractivity contribution < 1.29 is 9.47 Å². The summed E-state index contributed by atoms with van der Waals surface area (Å²) < 4.78 is 11.0. The third-order valence-electron chi connectivity index (χ3n) is 3.06. The van der Waals surface area contributed by atoms with E-state index in [-0.39, 0.29) is 0 Å². The average molecular weight is 277 g/mol. The van der Waals surface area contributed by atoms with Crippen LogP contribution >= 0.6 is 0 Å². The van der Waals surface area contributed by atoms with Gasteiger partial charge in [0.25, 0.3) is 0 Å². The maximum Gasteiger partial charge on any atom is 0.191 e. The molecule has 1 aliphatic heterocycles. The minimum atomic E-state index is 0.414. The summed E-state index contributed by atoms with van der Waals surface area (Å²) in [6, 6.07) is 6.41. The summed E-state index contributed by atoms with van der Waals surface area (Å²) in [6.45, 7) is 6.44. The van der Waals surface area contributed by atoms with Crippen LogP contribution in [0.2, 0.25) is 0 Å². The number of benzene rings is 1. The monoisotopic (exact) mass is 277 g/mol. The second-order valence-corrected chi connectivity index (χ2v) is 4.92. The Morgan fingerprint density at radius 2 is 2.25 bits per heavy atom. The Morgan fingerprint density at radius 1 is 1.40 bits per heavy atom. The molecule has 0 spiro atoms. The fourth-order valence-electron chi connectivity index (χ4n) is 2.00. The van der Waals surface area contributed by atoms with Crippen molar-refractivity contribution in [3.8, 4) is 11.5 Å². The molecule has 110 valence electrons. The van der Waals surface area contributed by atoms with Gasteiger partial charge in [0.05, 0.1) is 20.3 Å². The standard InChI is InChI=1S/C15H23N3O2/c1-4-7-20-13-6-5-12(8-14(13)19-3)10-17-15-16-9-11(2)18-15/h5-6,8,11H,4,7,9-10H2,1-3H3,(H2,16,17,18). The van der Waals surface area contributed by atoms with Gasteiger partial charge >= 0.3 is 0 Å². The smallest absolute Gasteiger partial charge is 0.191 e. The molecule has 1 unspecified atom stereocenters. The number of aliphatic imine (C=N–C) groups is 1. The molecule has 5 heteroatoms. The van der Waals surface area contributed by atoms with E-state index >= 15 is 0 Å². The summed E-state index contributed by atoms with van der Waals surface area (Å²) in [5.74, 6) is 2.43. The largest absolute Gasteiger partial charge is 0.493 e. The van der Waals surface area contributed by atoms with E-state index < -0.39 is 0 Å². The zero-order valence-electron chi connectivity index (χ0n) is 12.4. The van der Waals surface area contributed by atoms with Crippen LogP contribution in [-0.4, -0.2) is 32.3 Å². The maximum atomic E-state index is 5.64. The second kappa shape index (κ2) is 7.03. The molecule has 0 bridgehead atoms. The van der Waals surface area contributed by atoms with Gasteiger partial charge in [-0.3, -0.25) is 4.99 Å². The van der Waals surface area contributed by atoms with Crippen LogP contribution in [0.4, 0.5) is 0 Å². The number of guanidine groups is 1. The van der Waals surface area contributed by atoms with Crippen molar-refractivity contribution in [1.29, 1.82) is 0 Å². The predicted molar refractivity (Wildman–Crippen MR) is 80.5 cm³/mol. The van der Waals surface area contributed by atoms with E-state index in [9.17, 15) is 0 Å². The van der Waals surface area contributed by atoms with E-state index in [4.69, 9.17) is 9.47 Å². The van der Waals surface area contributed by atoms with Gasteiger partial charge in [-0.15, -0.1) is 0 Å². The van der Waals surface area contributed by atoms with Gasteiger partial charge in [0, 0.05) is 12.6 Å². The minimum Gasteiger partial charge on any atom is -0.493 e. The van der Waals surface area contributed by atoms with Crippen LogP contribution in [0.1, 0.15) is 25.8 Å². The fourth-order valence-corrected chi connectivity index (χ4v) is 2.00. The van der Waals surface area contributed by atoms with Gasteiger partial charge in [0.1, 0.15) is 0 Å². The number of nitrogens with one attached hydrogen (secondary N) is 2. The van der Waals surface area contributed by atoms with Gasteiger partial charge in [-0.25, -0.2) is 0 Å². The molecule has 1 aromatic rings. The van der Waals surface area contributed by atoms with Gasteiger partial charge in [-0.05, 0) is 31.0 Å². The SMILES string of the molecule is CCCOc1ccc(CNC2=NCC(C)N2)cc1OC. The second-order valence-electron chi connectivity index (χ2n) is 4.92. The average Bonchev–Trinajstić information content (AvgIpc) is 2.89. The van der Waals surface area contributed by atoms with Crippen LogP contribution < -0.4 is 20.1 Å². The first kappa shape index (κ1) is 14.5. The van der Waals surface area contributed by atoms with Crippen molar-refractivity contribution in [3.05, 3.63) is 23.8 Å². The Hall–Kier alpha value is -1.91. The van der Waals surface area contributed by atoms with E-state index in [1.54, 1.807) is 7.11 Å². The van der Waals surface area contributed by atoms with Gasteiger partial charge in [-0.1, -0.05) is 13.0 Å². The van der Waals surface area contributed by atoms with Crippen LogP contribution in [0.3, 0.4) is 0 Å². The molecular formula is C15H23N3O2. The van der Waals surface area contributed by atoms with Crippen LogP contribution in [-0.2, 0) is 6.54 Å². The third kappa shape index (κ3) is 3.79. The summed E-state index contributed by atoms with van der Waals surface area (Å²) in [4.78, 5) is 4.37. The van der Waals surface area contributed by atoms with Crippen molar-refractivity contribution in [2.75, 3.05) is 20.3 Å². The van der Waals surface area contributed by atoms with Crippen molar-refractivity contribution >= 4 is 5.96 Å². The molecule has 0 aliphatic carbocycles. The zero-order chi connectivity index (χ0) is 14.4. The first-order valence-electron chi connectivity index (χ1n) is 7.07. The maximum absolute atomic E-state index is 5.64. The van der Waals surface area contributed by atoms with Gasteiger partial charge in [0.2, 0.25) is 0 Å². The lowest BCUT2D eigenvalue weighted by Crippen LogP contribution is -2.37. The summed E-state index contributed by atoms with van der Waals surface area (Å²) in [6.07, 6.45) is 0.982. The molecular weight excluding hydrogens is 254 g/mol. The molecule has 2 rings (SSSR count). The summed E-state index contributed by atoms with van der Waals surface area (Å²) in [5.41, 5.74) is 1.13. The highest BCUT2D eigenvalue weighted by Crippen LogP contribution is 2.28. The summed E-state index contributed by atoms with van der Waals surface area (Å²) >= 11 is 0. The Morgan fingerprint density at radius 3 is 2.90 bits per heavy atom. The number of ether oxygens (including phenoxy) is 2. The van der Waals surface area contributed by atoms with Crippen molar-refractivity contribution in [1.82, 2.24) is 10.6 Å². The van der Waals surface area contributed by atoms with Gasteiger partial charge in [0.15, 0.2) is 17.5 Å². The Bertz CT molecular complexity index is 474. The highest BCUT2D eigenvalue weighted by Gasteiger charge is 2.12. The minimum absolute atomic E-state index is 0.414. The molecule has 0 fully saturated rings. The summed E-state index contributed by atoms with van der Waals surface area (Å²) in [5, 5.41) is 6.56. The Balaban J connectivity index is 1.95. The molecule has 0 radical (unpaired) electrons. The molecule has 1 aliphatic rings. The van der Waals surface area contributed by atoms with Crippen molar-refractivity contribution in [3.63, 3.8) is 0 Å².